The summed E-state index contributed by atoms with van der Waals surface area (Å²) in [6.45, 7) is 6.57. The highest BCUT2D eigenvalue weighted by atomic mass is 16.6. The number of allylic oxidation sites excluding steroid dienone is 10. The maximum atomic E-state index is 13.0. The first-order chi connectivity index (χ1) is 41.0. The summed E-state index contributed by atoms with van der Waals surface area (Å²) in [6, 6.07) is 0. The molecule has 0 aromatic heterocycles. The number of esters is 3. The van der Waals surface area contributed by atoms with E-state index in [4.69, 9.17) is 14.2 Å². The summed E-state index contributed by atoms with van der Waals surface area (Å²) in [5.41, 5.74) is 0. The van der Waals surface area contributed by atoms with Crippen molar-refractivity contribution in [3.63, 3.8) is 0 Å². The molecular formula is C77H140O6. The molecular weight excluding hydrogens is 1020 g/mol. The monoisotopic (exact) mass is 1160 g/mol. The van der Waals surface area contributed by atoms with Crippen LogP contribution in [0.4, 0.5) is 0 Å². The highest BCUT2D eigenvalue weighted by molar-refractivity contribution is 5.71. The van der Waals surface area contributed by atoms with Crippen molar-refractivity contribution in [2.75, 3.05) is 13.2 Å². The van der Waals surface area contributed by atoms with Gasteiger partial charge in [0, 0.05) is 19.3 Å². The lowest BCUT2D eigenvalue weighted by Crippen LogP contribution is -2.30. The van der Waals surface area contributed by atoms with Gasteiger partial charge in [-0.05, 0) is 83.5 Å². The first kappa shape index (κ1) is 80.1. The van der Waals surface area contributed by atoms with Crippen LogP contribution in [0.25, 0.3) is 0 Å². The lowest BCUT2D eigenvalue weighted by atomic mass is 10.0. The first-order valence-corrected chi connectivity index (χ1v) is 36.8. The van der Waals surface area contributed by atoms with Gasteiger partial charge in [0.25, 0.3) is 0 Å². The Hall–Kier alpha value is -2.89. The molecule has 484 valence electrons. The van der Waals surface area contributed by atoms with Crippen molar-refractivity contribution in [3.8, 4) is 0 Å². The van der Waals surface area contributed by atoms with Gasteiger partial charge in [-0.3, -0.25) is 14.4 Å². The van der Waals surface area contributed by atoms with Crippen molar-refractivity contribution in [1.29, 1.82) is 0 Å². The third kappa shape index (κ3) is 69.8. The van der Waals surface area contributed by atoms with E-state index in [1.54, 1.807) is 0 Å². The number of rotatable bonds is 68. The summed E-state index contributed by atoms with van der Waals surface area (Å²) in [5, 5.41) is 0. The number of carbonyl (C=O) groups excluding carboxylic acids is 3. The summed E-state index contributed by atoms with van der Waals surface area (Å²) in [7, 11) is 0. The number of hydrogen-bond acceptors (Lipinski definition) is 6. The normalized spacial score (nSPS) is 12.4. The molecule has 0 aliphatic rings. The second-order valence-corrected chi connectivity index (χ2v) is 24.8. The molecule has 0 radical (unpaired) electrons. The van der Waals surface area contributed by atoms with Crippen LogP contribution in [0.2, 0.25) is 0 Å². The van der Waals surface area contributed by atoms with E-state index in [0.717, 1.165) is 96.3 Å². The smallest absolute Gasteiger partial charge is 0.306 e. The molecule has 0 aromatic rings. The third-order valence-electron chi connectivity index (χ3n) is 16.5. The van der Waals surface area contributed by atoms with Gasteiger partial charge in [0.1, 0.15) is 13.2 Å². The molecule has 83 heavy (non-hydrogen) atoms. The van der Waals surface area contributed by atoms with Crippen molar-refractivity contribution in [1.82, 2.24) is 0 Å². The Morgan fingerprint density at radius 1 is 0.253 bits per heavy atom. The predicted molar refractivity (Wildman–Crippen MR) is 362 cm³/mol. The average molecular weight is 1160 g/mol. The lowest BCUT2D eigenvalue weighted by molar-refractivity contribution is -0.167. The van der Waals surface area contributed by atoms with Crippen LogP contribution in [0, 0.1) is 0 Å². The minimum atomic E-state index is -0.786. The van der Waals surface area contributed by atoms with Crippen molar-refractivity contribution in [3.05, 3.63) is 60.8 Å². The van der Waals surface area contributed by atoms with Crippen LogP contribution in [0.3, 0.4) is 0 Å². The fourth-order valence-corrected chi connectivity index (χ4v) is 11.0. The van der Waals surface area contributed by atoms with Crippen LogP contribution in [0.5, 0.6) is 0 Å². The van der Waals surface area contributed by atoms with Crippen LogP contribution in [-0.4, -0.2) is 37.2 Å². The summed E-state index contributed by atoms with van der Waals surface area (Å²) >= 11 is 0. The van der Waals surface area contributed by atoms with E-state index in [1.807, 2.05) is 0 Å². The van der Waals surface area contributed by atoms with Crippen LogP contribution in [-0.2, 0) is 28.6 Å². The fourth-order valence-electron chi connectivity index (χ4n) is 11.0. The summed E-state index contributed by atoms with van der Waals surface area (Å²) in [5.74, 6) is -0.881. The largest absolute Gasteiger partial charge is 0.462 e. The Balaban J connectivity index is 4.26. The molecule has 6 heteroatoms. The molecule has 0 bridgehead atoms. The van der Waals surface area contributed by atoms with Crippen molar-refractivity contribution < 1.29 is 28.6 Å². The van der Waals surface area contributed by atoms with Gasteiger partial charge in [-0.25, -0.2) is 0 Å². The maximum Gasteiger partial charge on any atom is 0.306 e. The Bertz CT molecular complexity index is 1470. The predicted octanol–water partition coefficient (Wildman–Crippen LogP) is 25.5. The van der Waals surface area contributed by atoms with E-state index < -0.39 is 6.10 Å². The van der Waals surface area contributed by atoms with Gasteiger partial charge in [-0.1, -0.05) is 351 Å². The van der Waals surface area contributed by atoms with E-state index in [-0.39, 0.29) is 31.1 Å². The number of ether oxygens (including phenoxy) is 3. The fraction of sp³-hybridized carbons (Fsp3) is 0.831. The van der Waals surface area contributed by atoms with E-state index >= 15 is 0 Å². The maximum absolute atomic E-state index is 13.0. The summed E-state index contributed by atoms with van der Waals surface area (Å²) < 4.78 is 17.0. The van der Waals surface area contributed by atoms with Crippen LogP contribution in [0.1, 0.15) is 393 Å². The first-order valence-electron chi connectivity index (χ1n) is 36.8. The van der Waals surface area contributed by atoms with Crippen LogP contribution in [0.15, 0.2) is 60.8 Å². The molecule has 0 heterocycles. The molecule has 0 aliphatic carbocycles. The minimum absolute atomic E-state index is 0.0792. The molecule has 6 nitrogen and oxygen atoms in total. The highest BCUT2D eigenvalue weighted by Gasteiger charge is 2.19. The second kappa shape index (κ2) is 71.6. The van der Waals surface area contributed by atoms with Gasteiger partial charge in [0.15, 0.2) is 6.10 Å². The van der Waals surface area contributed by atoms with E-state index in [0.29, 0.717) is 19.3 Å². The van der Waals surface area contributed by atoms with Gasteiger partial charge in [0.2, 0.25) is 0 Å². The molecule has 0 amide bonds. The van der Waals surface area contributed by atoms with Crippen molar-refractivity contribution in [2.24, 2.45) is 0 Å². The molecule has 0 N–H and O–H groups in total. The Morgan fingerprint density at radius 3 is 0.747 bits per heavy atom. The minimum Gasteiger partial charge on any atom is -0.462 e. The molecule has 0 saturated heterocycles. The van der Waals surface area contributed by atoms with Crippen molar-refractivity contribution in [2.45, 2.75) is 399 Å². The molecule has 0 rings (SSSR count). The number of carbonyl (C=O) groups is 3. The lowest BCUT2D eigenvalue weighted by Gasteiger charge is -2.18. The Labute approximate surface area is 517 Å². The van der Waals surface area contributed by atoms with E-state index in [1.165, 1.54) is 257 Å². The molecule has 0 aliphatic heterocycles. The van der Waals surface area contributed by atoms with E-state index in [2.05, 4.69) is 81.5 Å². The van der Waals surface area contributed by atoms with Crippen molar-refractivity contribution >= 4 is 17.9 Å². The highest BCUT2D eigenvalue weighted by Crippen LogP contribution is 2.19. The zero-order valence-corrected chi connectivity index (χ0v) is 55.7. The van der Waals surface area contributed by atoms with Gasteiger partial charge in [0.05, 0.1) is 0 Å². The second-order valence-electron chi connectivity index (χ2n) is 24.8. The number of unbranched alkanes of at least 4 members (excludes halogenated alkanes) is 47. The van der Waals surface area contributed by atoms with Gasteiger partial charge in [-0.15, -0.1) is 0 Å². The average Bonchev–Trinajstić information content (AvgIpc) is 3.50. The molecule has 1 unspecified atom stereocenters. The number of hydrogen-bond donors (Lipinski definition) is 0. The molecule has 0 saturated carbocycles. The summed E-state index contributed by atoms with van der Waals surface area (Å²) in [6.07, 6.45) is 92.7. The standard InChI is InChI=1S/C77H140O6/c1-4-7-10-13-16-19-22-25-28-31-33-34-35-36-37-38-39-40-41-42-44-46-49-52-55-58-61-64-67-70-76(79)82-73-74(72-81-75(78)69-66-63-60-57-54-51-48-45-30-27-24-21-18-15-12-9-6-3)83-77(80)71-68-65-62-59-56-53-50-47-43-32-29-26-23-20-17-14-11-8-5-2/h9,12,18,21,26-27,29-30,48,51,74H,4-8,10-11,13-17,19-20,22-25,28,31-47,49-50,52-73H2,1-3H3/b12-9-,21-18-,29-26-,30-27-,51-48-. The molecule has 1 atom stereocenters. The van der Waals surface area contributed by atoms with Gasteiger partial charge in [-0.2, -0.15) is 0 Å². The Morgan fingerprint density at radius 2 is 0.470 bits per heavy atom. The quantitative estimate of drug-likeness (QED) is 0.0261. The Kier molecular flexibility index (Phi) is 69.1. The molecule has 0 aromatic carbocycles. The zero-order chi connectivity index (χ0) is 59.9. The molecule has 0 spiro atoms. The SMILES string of the molecule is CC/C=C\C/C=C\C/C=C\C/C=C\CCCCCCC(=O)OCC(COC(=O)CCCCCCCCCCCCCCCCCCCCCCCCCCCCCCC)OC(=O)CCCCCCCCCCC/C=C\CCCCCCCC. The van der Waals surface area contributed by atoms with Crippen LogP contribution >= 0.6 is 0 Å². The topological polar surface area (TPSA) is 78.9 Å². The van der Waals surface area contributed by atoms with Gasteiger partial charge >= 0.3 is 17.9 Å². The third-order valence-corrected chi connectivity index (χ3v) is 16.5. The summed E-state index contributed by atoms with van der Waals surface area (Å²) in [4.78, 5) is 38.5. The van der Waals surface area contributed by atoms with Gasteiger partial charge < -0.3 is 14.2 Å². The van der Waals surface area contributed by atoms with E-state index in [9.17, 15) is 14.4 Å². The zero-order valence-electron chi connectivity index (χ0n) is 55.7. The van der Waals surface area contributed by atoms with Crippen LogP contribution < -0.4 is 0 Å². The molecule has 0 fully saturated rings.